The molecule has 0 spiro atoms. The summed E-state index contributed by atoms with van der Waals surface area (Å²) >= 11 is 1.78. The van der Waals surface area contributed by atoms with Crippen molar-refractivity contribution in [3.63, 3.8) is 0 Å². The van der Waals surface area contributed by atoms with E-state index in [1.165, 1.54) is 36.4 Å². The molecule has 1 aromatic rings. The monoisotopic (exact) mass is 238 g/mol. The van der Waals surface area contributed by atoms with E-state index in [1.807, 2.05) is 0 Å². The molecule has 1 aliphatic carbocycles. The largest absolute Gasteiger partial charge is 0.378 e. The van der Waals surface area contributed by atoms with E-state index in [0.29, 0.717) is 6.10 Å². The first kappa shape index (κ1) is 10.7. The van der Waals surface area contributed by atoms with E-state index in [-0.39, 0.29) is 0 Å². The van der Waals surface area contributed by atoms with E-state index in [4.69, 9.17) is 4.74 Å². The van der Waals surface area contributed by atoms with Crippen LogP contribution < -0.4 is 5.32 Å². The van der Waals surface area contributed by atoms with Gasteiger partial charge >= 0.3 is 0 Å². The third-order valence-electron chi connectivity index (χ3n) is 3.17. The molecule has 2 aliphatic rings. The molecule has 1 aromatic heterocycles. The highest BCUT2D eigenvalue weighted by atomic mass is 32.1. The van der Waals surface area contributed by atoms with Gasteiger partial charge in [-0.05, 0) is 25.7 Å². The van der Waals surface area contributed by atoms with Crippen LogP contribution >= 0.6 is 11.3 Å². The van der Waals surface area contributed by atoms with E-state index in [1.54, 1.807) is 11.3 Å². The SMILES string of the molecule is c1sc(CC2CCCO2)nc1CNC1CC1. The Morgan fingerprint density at radius 2 is 2.38 bits per heavy atom. The fourth-order valence-electron chi connectivity index (χ4n) is 2.06. The molecule has 1 N–H and O–H groups in total. The maximum absolute atomic E-state index is 5.63. The second kappa shape index (κ2) is 4.82. The first-order chi connectivity index (χ1) is 7.90. The van der Waals surface area contributed by atoms with Crippen LogP contribution in [-0.4, -0.2) is 23.7 Å². The summed E-state index contributed by atoms with van der Waals surface area (Å²) in [5, 5.41) is 6.91. The summed E-state index contributed by atoms with van der Waals surface area (Å²) in [7, 11) is 0. The van der Waals surface area contributed by atoms with E-state index in [0.717, 1.165) is 25.6 Å². The van der Waals surface area contributed by atoms with Gasteiger partial charge in [0, 0.05) is 31.0 Å². The summed E-state index contributed by atoms with van der Waals surface area (Å²) < 4.78 is 5.63. The Labute approximate surface area is 100 Å². The predicted molar refractivity (Wildman–Crippen MR) is 64.7 cm³/mol. The quantitative estimate of drug-likeness (QED) is 0.853. The lowest BCUT2D eigenvalue weighted by atomic mass is 10.2. The molecular weight excluding hydrogens is 220 g/mol. The first-order valence-electron chi connectivity index (χ1n) is 6.18. The molecule has 16 heavy (non-hydrogen) atoms. The van der Waals surface area contributed by atoms with Gasteiger partial charge in [0.15, 0.2) is 0 Å². The Kier molecular flexibility index (Phi) is 3.22. The van der Waals surface area contributed by atoms with Crippen molar-refractivity contribution in [3.8, 4) is 0 Å². The summed E-state index contributed by atoms with van der Waals surface area (Å²) in [5.41, 5.74) is 1.20. The molecule has 3 rings (SSSR count). The van der Waals surface area contributed by atoms with Crippen molar-refractivity contribution in [2.75, 3.05) is 6.61 Å². The molecule has 3 nitrogen and oxygen atoms in total. The van der Waals surface area contributed by atoms with Gasteiger partial charge in [0.25, 0.3) is 0 Å². The number of hydrogen-bond donors (Lipinski definition) is 1. The van der Waals surface area contributed by atoms with Gasteiger partial charge in [0.1, 0.15) is 0 Å². The average Bonchev–Trinajstić information content (AvgIpc) is 2.78. The van der Waals surface area contributed by atoms with E-state index < -0.39 is 0 Å². The Morgan fingerprint density at radius 3 is 3.12 bits per heavy atom. The fraction of sp³-hybridized carbons (Fsp3) is 0.750. The van der Waals surface area contributed by atoms with Crippen molar-refractivity contribution in [2.24, 2.45) is 0 Å². The van der Waals surface area contributed by atoms with Crippen LogP contribution in [0.4, 0.5) is 0 Å². The number of ether oxygens (including phenoxy) is 1. The average molecular weight is 238 g/mol. The van der Waals surface area contributed by atoms with Crippen LogP contribution in [0.5, 0.6) is 0 Å². The molecule has 2 fully saturated rings. The normalized spacial score (nSPS) is 25.1. The molecular formula is C12H18N2OS. The van der Waals surface area contributed by atoms with Crippen LogP contribution in [0.3, 0.4) is 0 Å². The van der Waals surface area contributed by atoms with Gasteiger partial charge in [0.2, 0.25) is 0 Å². The van der Waals surface area contributed by atoms with E-state index >= 15 is 0 Å². The minimum atomic E-state index is 0.426. The van der Waals surface area contributed by atoms with Crippen molar-refractivity contribution >= 4 is 11.3 Å². The Hall–Kier alpha value is -0.450. The Bertz CT molecular complexity index is 343. The molecule has 0 radical (unpaired) electrons. The van der Waals surface area contributed by atoms with Crippen molar-refractivity contribution in [1.82, 2.24) is 10.3 Å². The molecule has 1 unspecified atom stereocenters. The number of hydrogen-bond acceptors (Lipinski definition) is 4. The first-order valence-corrected chi connectivity index (χ1v) is 7.06. The zero-order valence-corrected chi connectivity index (χ0v) is 10.3. The van der Waals surface area contributed by atoms with Crippen molar-refractivity contribution in [2.45, 2.75) is 50.8 Å². The van der Waals surface area contributed by atoms with Gasteiger partial charge in [-0.25, -0.2) is 4.98 Å². The molecule has 1 atom stereocenters. The van der Waals surface area contributed by atoms with Crippen LogP contribution in [0.25, 0.3) is 0 Å². The van der Waals surface area contributed by atoms with Gasteiger partial charge in [-0.3, -0.25) is 0 Å². The summed E-state index contributed by atoms with van der Waals surface area (Å²) in [6.07, 6.45) is 6.53. The second-order valence-corrected chi connectivity index (χ2v) is 5.67. The zero-order chi connectivity index (χ0) is 10.8. The topological polar surface area (TPSA) is 34.1 Å². The third-order valence-corrected chi connectivity index (χ3v) is 4.09. The van der Waals surface area contributed by atoms with E-state index in [2.05, 4.69) is 15.7 Å². The van der Waals surface area contributed by atoms with Crippen LogP contribution in [0, 0.1) is 0 Å². The maximum atomic E-state index is 5.63. The highest BCUT2D eigenvalue weighted by molar-refractivity contribution is 7.09. The predicted octanol–water partition coefficient (Wildman–Crippen LogP) is 2.12. The summed E-state index contributed by atoms with van der Waals surface area (Å²) in [6, 6.07) is 0.767. The van der Waals surface area contributed by atoms with Gasteiger partial charge in [0.05, 0.1) is 16.8 Å². The number of thiazole rings is 1. The molecule has 2 heterocycles. The second-order valence-electron chi connectivity index (χ2n) is 4.73. The minimum Gasteiger partial charge on any atom is -0.378 e. The molecule has 88 valence electrons. The lowest BCUT2D eigenvalue weighted by Gasteiger charge is -2.05. The van der Waals surface area contributed by atoms with Crippen LogP contribution in [0.15, 0.2) is 5.38 Å². The van der Waals surface area contributed by atoms with Crippen LogP contribution in [0.2, 0.25) is 0 Å². The van der Waals surface area contributed by atoms with E-state index in [9.17, 15) is 0 Å². The van der Waals surface area contributed by atoms with Gasteiger partial charge in [-0.2, -0.15) is 0 Å². The molecule has 4 heteroatoms. The number of nitrogens with zero attached hydrogens (tertiary/aromatic N) is 1. The zero-order valence-electron chi connectivity index (χ0n) is 9.45. The lowest BCUT2D eigenvalue weighted by molar-refractivity contribution is 0.111. The minimum absolute atomic E-state index is 0.426. The Morgan fingerprint density at radius 1 is 1.44 bits per heavy atom. The number of rotatable bonds is 5. The molecule has 0 aromatic carbocycles. The fourth-order valence-corrected chi connectivity index (χ4v) is 2.92. The van der Waals surface area contributed by atoms with Crippen molar-refractivity contribution in [1.29, 1.82) is 0 Å². The number of aromatic nitrogens is 1. The maximum Gasteiger partial charge on any atom is 0.0954 e. The van der Waals surface area contributed by atoms with Gasteiger partial charge < -0.3 is 10.1 Å². The molecule has 1 aliphatic heterocycles. The molecule has 0 amide bonds. The van der Waals surface area contributed by atoms with Gasteiger partial charge in [-0.1, -0.05) is 0 Å². The lowest BCUT2D eigenvalue weighted by Crippen LogP contribution is -2.15. The summed E-state index contributed by atoms with van der Waals surface area (Å²) in [6.45, 7) is 1.87. The third kappa shape index (κ3) is 2.81. The van der Waals surface area contributed by atoms with Crippen LogP contribution in [-0.2, 0) is 17.7 Å². The summed E-state index contributed by atoms with van der Waals surface area (Å²) in [5.74, 6) is 0. The highest BCUT2D eigenvalue weighted by Gasteiger charge is 2.21. The summed E-state index contributed by atoms with van der Waals surface area (Å²) in [4.78, 5) is 4.65. The van der Waals surface area contributed by atoms with Crippen molar-refractivity contribution in [3.05, 3.63) is 16.1 Å². The smallest absolute Gasteiger partial charge is 0.0954 e. The van der Waals surface area contributed by atoms with Crippen molar-refractivity contribution < 1.29 is 4.74 Å². The van der Waals surface area contributed by atoms with Crippen LogP contribution in [0.1, 0.15) is 36.4 Å². The Balaban J connectivity index is 1.50. The molecule has 1 saturated carbocycles. The number of nitrogens with one attached hydrogen (secondary N) is 1. The molecule has 0 bridgehead atoms. The molecule has 1 saturated heterocycles. The standard InChI is InChI=1S/C12H18N2OS/c1-2-11(15-5-1)6-12-14-10(8-16-12)7-13-9-3-4-9/h8-9,11,13H,1-7H2. The van der Waals surface area contributed by atoms with Gasteiger partial charge in [-0.15, -0.1) is 11.3 Å². The highest BCUT2D eigenvalue weighted by Crippen LogP contribution is 2.21.